The summed E-state index contributed by atoms with van der Waals surface area (Å²) in [6, 6.07) is 0. The van der Waals surface area contributed by atoms with Gasteiger partial charge in [0.1, 0.15) is 0 Å². The van der Waals surface area contributed by atoms with Crippen molar-refractivity contribution < 1.29 is 0 Å². The van der Waals surface area contributed by atoms with Gasteiger partial charge in [0, 0.05) is 26.1 Å². The molecule has 0 aliphatic carbocycles. The first-order chi connectivity index (χ1) is 5.88. The van der Waals surface area contributed by atoms with E-state index in [1.54, 1.807) is 0 Å². The van der Waals surface area contributed by atoms with E-state index in [9.17, 15) is 0 Å². The smallest absolute Gasteiger partial charge is 0.191 e. The maximum atomic E-state index is 5.69. The molecule has 0 N–H and O–H groups in total. The third-order valence-electron chi connectivity index (χ3n) is 2.78. The molecule has 1 nitrogen and oxygen atoms in total. The Bertz CT molecular complexity index is 157. The van der Waals surface area contributed by atoms with E-state index in [0.29, 0.717) is 6.42 Å². The van der Waals surface area contributed by atoms with Crippen LogP contribution in [0.3, 0.4) is 0 Å². The van der Waals surface area contributed by atoms with Crippen molar-refractivity contribution >= 4 is 34.8 Å². The van der Waals surface area contributed by atoms with Crippen LogP contribution < -0.4 is 0 Å². The van der Waals surface area contributed by atoms with Crippen LogP contribution >= 0.6 is 34.8 Å². The lowest BCUT2D eigenvalue weighted by molar-refractivity contribution is 0.320. The second-order valence-corrected chi connectivity index (χ2v) is 6.60. The van der Waals surface area contributed by atoms with Gasteiger partial charge in [-0.15, -0.1) is 0 Å². The Morgan fingerprint density at radius 2 is 1.62 bits per heavy atom. The van der Waals surface area contributed by atoms with Crippen LogP contribution in [-0.2, 0) is 0 Å². The van der Waals surface area contributed by atoms with E-state index in [-0.39, 0.29) is 0 Å². The second-order valence-electron chi connectivity index (χ2n) is 4.08. The summed E-state index contributed by atoms with van der Waals surface area (Å²) in [4.78, 5) is 2.37. The zero-order valence-electron chi connectivity index (χ0n) is 8.06. The molecule has 1 rings (SSSR count). The van der Waals surface area contributed by atoms with Gasteiger partial charge >= 0.3 is 0 Å². The molecule has 0 saturated carbocycles. The van der Waals surface area contributed by atoms with Gasteiger partial charge in [-0.3, -0.25) is 0 Å². The number of hydrogen-bond acceptors (Lipinski definition) is 1. The maximum absolute atomic E-state index is 5.69. The SMILES string of the molecule is CC1CN(CCC(Cl)(Cl)Cl)CC1C. The molecule has 1 heterocycles. The monoisotopic (exact) mass is 243 g/mol. The summed E-state index contributed by atoms with van der Waals surface area (Å²) >= 11 is 17.1. The molecule has 1 aliphatic heterocycles. The highest BCUT2D eigenvalue weighted by Crippen LogP contribution is 2.31. The molecular weight excluding hydrogens is 228 g/mol. The zero-order chi connectivity index (χ0) is 10.1. The van der Waals surface area contributed by atoms with Crippen molar-refractivity contribution in [2.45, 2.75) is 24.1 Å². The molecule has 1 aliphatic rings. The lowest BCUT2D eigenvalue weighted by Gasteiger charge is -2.18. The van der Waals surface area contributed by atoms with Gasteiger partial charge in [0.25, 0.3) is 0 Å². The van der Waals surface area contributed by atoms with Gasteiger partial charge < -0.3 is 4.90 Å². The van der Waals surface area contributed by atoms with E-state index in [1.807, 2.05) is 0 Å². The van der Waals surface area contributed by atoms with Crippen molar-refractivity contribution in [3.63, 3.8) is 0 Å². The van der Waals surface area contributed by atoms with E-state index in [4.69, 9.17) is 34.8 Å². The first-order valence-electron chi connectivity index (χ1n) is 4.67. The molecule has 2 unspecified atom stereocenters. The lowest BCUT2D eigenvalue weighted by atomic mass is 10.0. The van der Waals surface area contributed by atoms with E-state index < -0.39 is 3.79 Å². The highest BCUT2D eigenvalue weighted by Gasteiger charge is 2.28. The van der Waals surface area contributed by atoms with Crippen molar-refractivity contribution in [2.24, 2.45) is 11.8 Å². The van der Waals surface area contributed by atoms with Crippen LogP contribution in [0.2, 0.25) is 0 Å². The Balaban J connectivity index is 2.25. The molecule has 0 radical (unpaired) electrons. The second kappa shape index (κ2) is 4.57. The van der Waals surface area contributed by atoms with Gasteiger partial charge in [-0.25, -0.2) is 0 Å². The minimum atomic E-state index is -1.09. The van der Waals surface area contributed by atoms with Crippen LogP contribution in [0.4, 0.5) is 0 Å². The molecule has 0 aromatic carbocycles. The first kappa shape index (κ1) is 11.9. The normalized spacial score (nSPS) is 31.2. The Morgan fingerprint density at radius 1 is 1.15 bits per heavy atom. The predicted octanol–water partition coefficient (Wildman–Crippen LogP) is 3.33. The van der Waals surface area contributed by atoms with Crippen LogP contribution in [0.25, 0.3) is 0 Å². The Labute approximate surface area is 95.3 Å². The van der Waals surface area contributed by atoms with E-state index in [0.717, 1.165) is 31.5 Å². The summed E-state index contributed by atoms with van der Waals surface area (Å²) in [5.74, 6) is 1.55. The number of likely N-dealkylation sites (tertiary alicyclic amines) is 1. The Hall–Kier alpha value is 0.830. The van der Waals surface area contributed by atoms with Crippen molar-refractivity contribution in [1.82, 2.24) is 4.90 Å². The van der Waals surface area contributed by atoms with Gasteiger partial charge in [-0.2, -0.15) is 0 Å². The van der Waals surface area contributed by atoms with Gasteiger partial charge in [-0.05, 0) is 11.8 Å². The minimum absolute atomic E-state index is 0.622. The molecule has 2 atom stereocenters. The summed E-state index contributed by atoms with van der Waals surface area (Å²) < 4.78 is -1.09. The number of nitrogens with zero attached hydrogens (tertiary/aromatic N) is 1. The number of alkyl halides is 3. The molecule has 0 amide bonds. The minimum Gasteiger partial charge on any atom is -0.303 e. The fourth-order valence-corrected chi connectivity index (χ4v) is 1.97. The summed E-state index contributed by atoms with van der Waals surface area (Å²) in [5, 5.41) is 0. The third-order valence-corrected chi connectivity index (χ3v) is 3.34. The molecule has 0 aromatic rings. The van der Waals surface area contributed by atoms with Crippen LogP contribution in [0, 0.1) is 11.8 Å². The largest absolute Gasteiger partial charge is 0.303 e. The van der Waals surface area contributed by atoms with Gasteiger partial charge in [0.15, 0.2) is 3.79 Å². The average Bonchev–Trinajstić information content (AvgIpc) is 2.27. The van der Waals surface area contributed by atoms with Crippen molar-refractivity contribution in [1.29, 1.82) is 0 Å². The highest BCUT2D eigenvalue weighted by atomic mass is 35.6. The Morgan fingerprint density at radius 3 is 2.00 bits per heavy atom. The van der Waals surface area contributed by atoms with Crippen molar-refractivity contribution in [2.75, 3.05) is 19.6 Å². The Kier molecular flexibility index (Phi) is 4.18. The fraction of sp³-hybridized carbons (Fsp3) is 1.00. The quantitative estimate of drug-likeness (QED) is 0.674. The first-order valence-corrected chi connectivity index (χ1v) is 5.81. The van der Waals surface area contributed by atoms with Crippen molar-refractivity contribution in [3.8, 4) is 0 Å². The lowest BCUT2D eigenvalue weighted by Crippen LogP contribution is -2.25. The molecule has 78 valence electrons. The molecule has 0 spiro atoms. The van der Waals surface area contributed by atoms with Crippen LogP contribution in [0.15, 0.2) is 0 Å². The topological polar surface area (TPSA) is 3.24 Å². The molecule has 0 aromatic heterocycles. The molecule has 1 saturated heterocycles. The van der Waals surface area contributed by atoms with Gasteiger partial charge in [0.2, 0.25) is 0 Å². The fourth-order valence-electron chi connectivity index (χ4n) is 1.72. The van der Waals surface area contributed by atoms with Crippen LogP contribution in [-0.4, -0.2) is 28.3 Å². The van der Waals surface area contributed by atoms with Gasteiger partial charge in [-0.1, -0.05) is 48.7 Å². The molecule has 0 bridgehead atoms. The zero-order valence-corrected chi connectivity index (χ0v) is 10.3. The van der Waals surface area contributed by atoms with E-state index in [1.165, 1.54) is 0 Å². The summed E-state index contributed by atoms with van der Waals surface area (Å²) in [6.07, 6.45) is 0.622. The standard InChI is InChI=1S/C9H16Cl3N/c1-7-5-13(6-8(7)2)4-3-9(10,11)12/h7-8H,3-6H2,1-2H3. The number of hydrogen-bond donors (Lipinski definition) is 0. The molecule has 1 fully saturated rings. The molecule has 4 heteroatoms. The van der Waals surface area contributed by atoms with Crippen molar-refractivity contribution in [3.05, 3.63) is 0 Å². The predicted molar refractivity (Wildman–Crippen MR) is 59.7 cm³/mol. The summed E-state index contributed by atoms with van der Waals surface area (Å²) in [5.41, 5.74) is 0. The summed E-state index contributed by atoms with van der Waals surface area (Å²) in [7, 11) is 0. The van der Waals surface area contributed by atoms with Gasteiger partial charge in [0.05, 0.1) is 0 Å². The van der Waals surface area contributed by atoms with Crippen LogP contribution in [0.1, 0.15) is 20.3 Å². The third kappa shape index (κ3) is 4.24. The molecule has 13 heavy (non-hydrogen) atoms. The number of halogens is 3. The molecular formula is C9H16Cl3N. The summed E-state index contributed by atoms with van der Waals surface area (Å²) in [6.45, 7) is 7.73. The van der Waals surface area contributed by atoms with E-state index in [2.05, 4.69) is 18.7 Å². The maximum Gasteiger partial charge on any atom is 0.191 e. The van der Waals surface area contributed by atoms with Crippen LogP contribution in [0.5, 0.6) is 0 Å². The average molecular weight is 245 g/mol. The van der Waals surface area contributed by atoms with E-state index >= 15 is 0 Å². The number of rotatable bonds is 2. The highest BCUT2D eigenvalue weighted by molar-refractivity contribution is 6.67.